The highest BCUT2D eigenvalue weighted by Crippen LogP contribution is 2.45. The third kappa shape index (κ3) is 3.88. The molecule has 1 aliphatic carbocycles. The molecule has 1 aliphatic heterocycles. The Labute approximate surface area is 178 Å². The van der Waals surface area contributed by atoms with E-state index in [9.17, 15) is 14.4 Å². The van der Waals surface area contributed by atoms with Crippen LogP contribution in [0.2, 0.25) is 0 Å². The minimum Gasteiger partial charge on any atom is -0.468 e. The van der Waals surface area contributed by atoms with E-state index >= 15 is 0 Å². The second-order valence-electron chi connectivity index (χ2n) is 7.31. The maximum absolute atomic E-state index is 13.5. The quantitative estimate of drug-likeness (QED) is 0.544. The van der Waals surface area contributed by atoms with E-state index < -0.39 is 23.8 Å². The fourth-order valence-electron chi connectivity index (χ4n) is 4.15. The highest BCUT2D eigenvalue weighted by Gasteiger charge is 2.47. The van der Waals surface area contributed by atoms with Gasteiger partial charge in [-0.3, -0.25) is 9.59 Å². The van der Waals surface area contributed by atoms with Crippen molar-refractivity contribution < 1.29 is 23.9 Å². The van der Waals surface area contributed by atoms with Crippen LogP contribution in [0, 0.1) is 11.8 Å². The summed E-state index contributed by atoms with van der Waals surface area (Å²) >= 11 is 3.42. The molecule has 7 heteroatoms. The molecular formula is C22H24BrNO5. The second-order valence-corrected chi connectivity index (χ2v) is 8.22. The first-order valence-electron chi connectivity index (χ1n) is 9.55. The van der Waals surface area contributed by atoms with Crippen LogP contribution in [0.3, 0.4) is 0 Å². The SMILES string of the molecule is CCOC(=O)C1=C(C)NC2=C(C(=O)C(C(=O)OC)C(C)C2)C1c1ccc(Br)cc1. The third-order valence-corrected chi connectivity index (χ3v) is 5.97. The fourth-order valence-corrected chi connectivity index (χ4v) is 4.41. The third-order valence-electron chi connectivity index (χ3n) is 5.44. The molecule has 3 unspecified atom stereocenters. The number of rotatable bonds is 4. The predicted octanol–water partition coefficient (Wildman–Crippen LogP) is 3.63. The lowest BCUT2D eigenvalue weighted by Crippen LogP contribution is -2.43. The number of carbonyl (C=O) groups excluding carboxylic acids is 3. The van der Waals surface area contributed by atoms with Crippen LogP contribution < -0.4 is 5.32 Å². The van der Waals surface area contributed by atoms with E-state index in [1.807, 2.05) is 38.1 Å². The van der Waals surface area contributed by atoms with Crippen LogP contribution in [0.25, 0.3) is 0 Å². The van der Waals surface area contributed by atoms with E-state index in [-0.39, 0.29) is 18.3 Å². The molecule has 0 spiro atoms. The van der Waals surface area contributed by atoms with Gasteiger partial charge in [0.15, 0.2) is 5.78 Å². The number of hydrogen-bond acceptors (Lipinski definition) is 6. The number of Topliss-reactive ketones (excluding diaryl/α,β-unsaturated/α-hetero) is 1. The molecule has 0 amide bonds. The Morgan fingerprint density at radius 3 is 2.48 bits per heavy atom. The van der Waals surface area contributed by atoms with Crippen LogP contribution in [0.5, 0.6) is 0 Å². The smallest absolute Gasteiger partial charge is 0.336 e. The normalized spacial score (nSPS) is 24.0. The molecule has 6 nitrogen and oxygen atoms in total. The minimum absolute atomic E-state index is 0.205. The van der Waals surface area contributed by atoms with Crippen molar-refractivity contribution in [3.63, 3.8) is 0 Å². The highest BCUT2D eigenvalue weighted by molar-refractivity contribution is 9.10. The first-order valence-corrected chi connectivity index (χ1v) is 10.3. The zero-order chi connectivity index (χ0) is 21.3. The number of halogens is 1. The number of benzene rings is 1. The topological polar surface area (TPSA) is 81.7 Å². The number of carbonyl (C=O) groups is 3. The van der Waals surface area contributed by atoms with Gasteiger partial charge in [-0.15, -0.1) is 0 Å². The van der Waals surface area contributed by atoms with E-state index in [0.29, 0.717) is 23.3 Å². The summed E-state index contributed by atoms with van der Waals surface area (Å²) < 4.78 is 11.1. The standard InChI is InChI=1S/C22H24BrNO5/c1-5-29-22(27)17-12(3)24-15-10-11(2)16(21(26)28-4)20(25)19(15)18(17)13-6-8-14(23)9-7-13/h6-9,11,16,18,24H,5,10H2,1-4H3. The Hall–Kier alpha value is -2.41. The summed E-state index contributed by atoms with van der Waals surface area (Å²) in [7, 11) is 1.28. The highest BCUT2D eigenvalue weighted by atomic mass is 79.9. The van der Waals surface area contributed by atoms with Gasteiger partial charge >= 0.3 is 11.9 Å². The van der Waals surface area contributed by atoms with Gasteiger partial charge in [0, 0.05) is 27.4 Å². The summed E-state index contributed by atoms with van der Waals surface area (Å²) in [5.41, 5.74) is 3.03. The van der Waals surface area contributed by atoms with Crippen molar-refractivity contribution in [2.24, 2.45) is 11.8 Å². The van der Waals surface area contributed by atoms with E-state index in [4.69, 9.17) is 9.47 Å². The monoisotopic (exact) mass is 461 g/mol. The zero-order valence-electron chi connectivity index (χ0n) is 16.9. The van der Waals surface area contributed by atoms with Gasteiger partial charge in [-0.25, -0.2) is 4.79 Å². The van der Waals surface area contributed by atoms with Crippen LogP contribution in [0.15, 0.2) is 51.3 Å². The molecule has 29 heavy (non-hydrogen) atoms. The molecule has 3 rings (SSSR count). The maximum atomic E-state index is 13.5. The van der Waals surface area contributed by atoms with Crippen LogP contribution >= 0.6 is 15.9 Å². The van der Waals surface area contributed by atoms with Crippen molar-refractivity contribution in [1.82, 2.24) is 5.32 Å². The number of nitrogens with one attached hydrogen (secondary N) is 1. The summed E-state index contributed by atoms with van der Waals surface area (Å²) in [6.07, 6.45) is 0.515. The zero-order valence-corrected chi connectivity index (χ0v) is 18.5. The van der Waals surface area contributed by atoms with E-state index in [0.717, 1.165) is 15.7 Å². The molecule has 3 atom stereocenters. The number of methoxy groups -OCH3 is 1. The van der Waals surface area contributed by atoms with Gasteiger partial charge in [-0.1, -0.05) is 35.0 Å². The minimum atomic E-state index is -0.889. The average molecular weight is 462 g/mol. The van der Waals surface area contributed by atoms with Gasteiger partial charge in [-0.2, -0.15) is 0 Å². The molecule has 1 aromatic carbocycles. The lowest BCUT2D eigenvalue weighted by atomic mass is 9.69. The van der Waals surface area contributed by atoms with Crippen LogP contribution in [0.1, 0.15) is 38.7 Å². The average Bonchev–Trinajstić information content (AvgIpc) is 2.67. The van der Waals surface area contributed by atoms with Crippen molar-refractivity contribution in [1.29, 1.82) is 0 Å². The molecule has 1 aromatic rings. The maximum Gasteiger partial charge on any atom is 0.336 e. The number of allylic oxidation sites excluding steroid dienone is 3. The van der Waals surface area contributed by atoms with Gasteiger partial charge in [-0.05, 0) is 43.9 Å². The van der Waals surface area contributed by atoms with Crippen molar-refractivity contribution >= 4 is 33.7 Å². The van der Waals surface area contributed by atoms with Gasteiger partial charge in [0.2, 0.25) is 0 Å². The van der Waals surface area contributed by atoms with Gasteiger partial charge in [0.05, 0.1) is 19.3 Å². The van der Waals surface area contributed by atoms with E-state index in [2.05, 4.69) is 21.2 Å². The Balaban J connectivity index is 2.18. The van der Waals surface area contributed by atoms with Gasteiger partial charge in [0.25, 0.3) is 0 Å². The summed E-state index contributed by atoms with van der Waals surface area (Å²) in [6, 6.07) is 7.47. The number of ether oxygens (including phenoxy) is 2. The molecule has 0 bridgehead atoms. The molecule has 0 aromatic heterocycles. The van der Waals surface area contributed by atoms with Crippen LogP contribution in [-0.2, 0) is 23.9 Å². The lowest BCUT2D eigenvalue weighted by Gasteiger charge is -2.38. The summed E-state index contributed by atoms with van der Waals surface area (Å²) in [5.74, 6) is -3.03. The predicted molar refractivity (Wildman–Crippen MR) is 111 cm³/mol. The number of hydrogen-bond donors (Lipinski definition) is 1. The van der Waals surface area contributed by atoms with Crippen LogP contribution in [0.4, 0.5) is 0 Å². The second kappa shape index (κ2) is 8.53. The number of ketones is 1. The van der Waals surface area contributed by atoms with Crippen molar-refractivity contribution in [3.8, 4) is 0 Å². The Morgan fingerprint density at radius 1 is 1.24 bits per heavy atom. The molecule has 0 fully saturated rings. The summed E-state index contributed by atoms with van der Waals surface area (Å²) in [5, 5.41) is 3.23. The molecule has 2 aliphatic rings. The van der Waals surface area contributed by atoms with E-state index in [1.165, 1.54) is 7.11 Å². The van der Waals surface area contributed by atoms with E-state index in [1.54, 1.807) is 6.92 Å². The first-order chi connectivity index (χ1) is 13.8. The summed E-state index contributed by atoms with van der Waals surface area (Å²) in [4.78, 5) is 38.6. The van der Waals surface area contributed by atoms with Gasteiger partial charge < -0.3 is 14.8 Å². The Bertz CT molecular complexity index is 916. The molecule has 154 valence electrons. The van der Waals surface area contributed by atoms with Crippen molar-refractivity contribution in [3.05, 3.63) is 56.8 Å². The molecule has 0 saturated heterocycles. The Kier molecular flexibility index (Phi) is 6.27. The van der Waals surface area contributed by atoms with Gasteiger partial charge in [0.1, 0.15) is 5.92 Å². The lowest BCUT2D eigenvalue weighted by molar-refractivity contribution is -0.151. The first kappa shape index (κ1) is 21.3. The largest absolute Gasteiger partial charge is 0.468 e. The van der Waals surface area contributed by atoms with Crippen LogP contribution in [-0.4, -0.2) is 31.4 Å². The molecule has 1 N–H and O–H groups in total. The molecule has 0 radical (unpaired) electrons. The number of esters is 2. The molecule has 0 saturated carbocycles. The molecule has 1 heterocycles. The summed E-state index contributed by atoms with van der Waals surface area (Å²) in [6.45, 7) is 5.64. The number of dihydropyridines is 1. The molecular weight excluding hydrogens is 438 g/mol. The Morgan fingerprint density at radius 2 is 1.90 bits per heavy atom. The van der Waals surface area contributed by atoms with Crippen molar-refractivity contribution in [2.75, 3.05) is 13.7 Å². The van der Waals surface area contributed by atoms with Crippen molar-refractivity contribution in [2.45, 2.75) is 33.1 Å². The fraction of sp³-hybridized carbons (Fsp3) is 0.409.